The van der Waals surface area contributed by atoms with E-state index in [1.54, 1.807) is 6.07 Å². The lowest BCUT2D eigenvalue weighted by Gasteiger charge is -2.20. The second kappa shape index (κ2) is 7.67. The smallest absolute Gasteiger partial charge is 0.511 e. The van der Waals surface area contributed by atoms with E-state index in [0.717, 1.165) is 43.8 Å². The van der Waals surface area contributed by atoms with Gasteiger partial charge in [-0.3, -0.25) is 0 Å². The average molecular weight is 390 g/mol. The lowest BCUT2D eigenvalue weighted by Crippen LogP contribution is -2.20. The van der Waals surface area contributed by atoms with Gasteiger partial charge in [-0.25, -0.2) is 0 Å². The molecule has 5 aromatic rings. The van der Waals surface area contributed by atoms with Gasteiger partial charge in [0.2, 0.25) is 0 Å². The lowest BCUT2D eigenvalue weighted by atomic mass is 9.85. The molecule has 0 amide bonds. The van der Waals surface area contributed by atoms with Crippen molar-refractivity contribution in [2.45, 2.75) is 0 Å². The molecule has 0 saturated heterocycles. The van der Waals surface area contributed by atoms with E-state index in [9.17, 15) is 10.0 Å². The molecule has 144 valence electrons. The van der Waals surface area contributed by atoms with Crippen molar-refractivity contribution in [2.75, 3.05) is 0 Å². The molecule has 0 aliphatic heterocycles. The van der Waals surface area contributed by atoms with Crippen molar-refractivity contribution in [3.8, 4) is 28.0 Å². The standard InChI is InChI=1S/C26H19BO3/c28-27(29)30-23-17-9-16-22-24(18-10-3-1-4-11-18)20-14-7-8-15-21(20)25(26(22)23)19-12-5-2-6-13-19/h1-17,28-29H. The number of hydrogen-bond acceptors (Lipinski definition) is 3. The Bertz CT molecular complexity index is 1330. The van der Waals surface area contributed by atoms with Crippen LogP contribution in [0.3, 0.4) is 0 Å². The summed E-state index contributed by atoms with van der Waals surface area (Å²) in [5.41, 5.74) is 4.25. The molecule has 2 N–H and O–H groups in total. The number of benzene rings is 5. The van der Waals surface area contributed by atoms with Gasteiger partial charge in [0.05, 0.1) is 0 Å². The summed E-state index contributed by atoms with van der Waals surface area (Å²) in [6.07, 6.45) is 0. The van der Waals surface area contributed by atoms with Gasteiger partial charge in [-0.2, -0.15) is 0 Å². The maximum Gasteiger partial charge on any atom is 0.707 e. The SMILES string of the molecule is OB(O)Oc1cccc2c(-c3ccccc3)c3ccccc3c(-c3ccccc3)c12. The molecule has 0 atom stereocenters. The molecular formula is C26H19BO3. The molecule has 0 unspecified atom stereocenters. The molecule has 0 spiro atoms. The van der Waals surface area contributed by atoms with E-state index in [1.165, 1.54) is 0 Å². The molecule has 0 bridgehead atoms. The van der Waals surface area contributed by atoms with Crippen LogP contribution in [0.4, 0.5) is 0 Å². The van der Waals surface area contributed by atoms with Crippen molar-refractivity contribution in [2.24, 2.45) is 0 Å². The molecule has 0 fully saturated rings. The van der Waals surface area contributed by atoms with Crippen LogP contribution in [0.2, 0.25) is 0 Å². The predicted molar refractivity (Wildman–Crippen MR) is 123 cm³/mol. The Hall–Kier alpha value is -3.60. The molecule has 4 heteroatoms. The van der Waals surface area contributed by atoms with Gasteiger partial charge in [0.1, 0.15) is 5.75 Å². The van der Waals surface area contributed by atoms with Crippen LogP contribution in [0.5, 0.6) is 5.75 Å². The fourth-order valence-electron chi connectivity index (χ4n) is 4.23. The second-order valence-corrected chi connectivity index (χ2v) is 7.15. The van der Waals surface area contributed by atoms with E-state index >= 15 is 0 Å². The molecule has 0 heterocycles. The third-order valence-corrected chi connectivity index (χ3v) is 5.37. The van der Waals surface area contributed by atoms with Crippen LogP contribution >= 0.6 is 0 Å². The minimum atomic E-state index is -1.90. The Balaban J connectivity index is 2.02. The summed E-state index contributed by atoms with van der Waals surface area (Å²) in [6.45, 7) is 0. The third kappa shape index (κ3) is 3.13. The van der Waals surface area contributed by atoms with E-state index in [-0.39, 0.29) is 0 Å². The molecule has 0 aliphatic carbocycles. The molecule has 30 heavy (non-hydrogen) atoms. The lowest BCUT2D eigenvalue weighted by molar-refractivity contribution is 0.289. The van der Waals surface area contributed by atoms with Gasteiger partial charge in [-0.05, 0) is 38.9 Å². The fourth-order valence-corrected chi connectivity index (χ4v) is 4.23. The zero-order valence-electron chi connectivity index (χ0n) is 16.2. The zero-order valence-corrected chi connectivity index (χ0v) is 16.2. The number of hydrogen-bond donors (Lipinski definition) is 2. The van der Waals surface area contributed by atoms with Gasteiger partial charge in [-0.15, -0.1) is 0 Å². The molecule has 5 rings (SSSR count). The topological polar surface area (TPSA) is 49.7 Å². The normalized spacial score (nSPS) is 11.0. The van der Waals surface area contributed by atoms with Crippen LogP contribution in [0.1, 0.15) is 0 Å². The first kappa shape index (κ1) is 18.4. The Morgan fingerprint density at radius 1 is 0.500 bits per heavy atom. The van der Waals surface area contributed by atoms with Gasteiger partial charge >= 0.3 is 7.32 Å². The summed E-state index contributed by atoms with van der Waals surface area (Å²) in [6, 6.07) is 34.4. The van der Waals surface area contributed by atoms with Crippen LogP contribution in [-0.4, -0.2) is 17.4 Å². The van der Waals surface area contributed by atoms with Crippen molar-refractivity contribution >= 4 is 28.9 Å². The van der Waals surface area contributed by atoms with Crippen molar-refractivity contribution in [1.29, 1.82) is 0 Å². The zero-order chi connectivity index (χ0) is 20.5. The number of fused-ring (bicyclic) bond motifs is 2. The summed E-state index contributed by atoms with van der Waals surface area (Å²) in [5, 5.41) is 23.2. The number of rotatable bonds is 4. The summed E-state index contributed by atoms with van der Waals surface area (Å²) in [4.78, 5) is 0. The molecule has 0 saturated carbocycles. The van der Waals surface area contributed by atoms with Crippen molar-refractivity contribution in [3.63, 3.8) is 0 Å². The summed E-state index contributed by atoms with van der Waals surface area (Å²) in [5.74, 6) is 0.435. The minimum Gasteiger partial charge on any atom is -0.511 e. The highest BCUT2D eigenvalue weighted by atomic mass is 16.6. The summed E-state index contributed by atoms with van der Waals surface area (Å²) < 4.78 is 5.44. The maximum absolute atomic E-state index is 9.56. The summed E-state index contributed by atoms with van der Waals surface area (Å²) >= 11 is 0. The molecule has 3 nitrogen and oxygen atoms in total. The first-order chi connectivity index (χ1) is 14.7. The predicted octanol–water partition coefficient (Wildman–Crippen LogP) is 5.68. The second-order valence-electron chi connectivity index (χ2n) is 7.15. The van der Waals surface area contributed by atoms with Crippen LogP contribution in [0.25, 0.3) is 43.8 Å². The highest BCUT2D eigenvalue weighted by Crippen LogP contribution is 2.46. The van der Waals surface area contributed by atoms with E-state index in [0.29, 0.717) is 5.75 Å². The first-order valence-corrected chi connectivity index (χ1v) is 9.85. The van der Waals surface area contributed by atoms with Crippen molar-refractivity contribution in [3.05, 3.63) is 103 Å². The fraction of sp³-hybridized carbons (Fsp3) is 0. The van der Waals surface area contributed by atoms with Crippen LogP contribution in [-0.2, 0) is 0 Å². The van der Waals surface area contributed by atoms with E-state index < -0.39 is 7.32 Å². The Morgan fingerprint density at radius 2 is 1.00 bits per heavy atom. The van der Waals surface area contributed by atoms with Crippen molar-refractivity contribution in [1.82, 2.24) is 0 Å². The van der Waals surface area contributed by atoms with E-state index in [1.807, 2.05) is 54.6 Å². The van der Waals surface area contributed by atoms with Gasteiger partial charge in [0.25, 0.3) is 0 Å². The van der Waals surface area contributed by atoms with Crippen LogP contribution < -0.4 is 4.65 Å². The Labute approximate surface area is 175 Å². The quantitative estimate of drug-likeness (QED) is 0.307. The average Bonchev–Trinajstić information content (AvgIpc) is 2.78. The van der Waals surface area contributed by atoms with Crippen molar-refractivity contribution < 1.29 is 14.7 Å². The minimum absolute atomic E-state index is 0.435. The molecule has 5 aromatic carbocycles. The van der Waals surface area contributed by atoms with E-state index in [4.69, 9.17) is 4.65 Å². The van der Waals surface area contributed by atoms with Gasteiger partial charge in [0, 0.05) is 10.9 Å². The van der Waals surface area contributed by atoms with Gasteiger partial charge < -0.3 is 14.7 Å². The van der Waals surface area contributed by atoms with E-state index in [2.05, 4.69) is 42.5 Å². The van der Waals surface area contributed by atoms with Crippen LogP contribution in [0.15, 0.2) is 103 Å². The third-order valence-electron chi connectivity index (χ3n) is 5.37. The Morgan fingerprint density at radius 3 is 1.60 bits per heavy atom. The highest BCUT2D eigenvalue weighted by Gasteiger charge is 2.21. The van der Waals surface area contributed by atoms with Gasteiger partial charge in [-0.1, -0.05) is 97.1 Å². The summed E-state index contributed by atoms with van der Waals surface area (Å²) in [7, 11) is -1.90. The molecule has 0 radical (unpaired) electrons. The highest BCUT2D eigenvalue weighted by molar-refractivity contribution is 6.34. The monoisotopic (exact) mass is 390 g/mol. The maximum atomic E-state index is 9.56. The largest absolute Gasteiger partial charge is 0.707 e. The van der Waals surface area contributed by atoms with Crippen LogP contribution in [0, 0.1) is 0 Å². The Kier molecular flexibility index (Phi) is 4.72. The molecular weight excluding hydrogens is 371 g/mol. The molecule has 0 aliphatic rings. The van der Waals surface area contributed by atoms with Gasteiger partial charge in [0.15, 0.2) is 0 Å². The molecule has 0 aromatic heterocycles. The first-order valence-electron chi connectivity index (χ1n) is 9.85.